The molecule has 3 heterocycles. The fourth-order valence-corrected chi connectivity index (χ4v) is 4.65. The number of amides is 1. The smallest absolute Gasteiger partial charge is 0.231 e. The van der Waals surface area contributed by atoms with E-state index >= 15 is 0 Å². The van der Waals surface area contributed by atoms with Crippen molar-refractivity contribution in [2.24, 2.45) is 11.7 Å². The Morgan fingerprint density at radius 2 is 2.26 bits per heavy atom. The van der Waals surface area contributed by atoms with Crippen LogP contribution in [0.2, 0.25) is 0 Å². The van der Waals surface area contributed by atoms with Crippen LogP contribution in [0.1, 0.15) is 25.7 Å². The highest BCUT2D eigenvalue weighted by Crippen LogP contribution is 2.43. The standard InChI is InChI=1S/C18H22BrCl2N5O/c19-12-7-23-17-15(16(12)25-5-1-2-11(22)9-25)13(8-24-17)26(14(21)6-20)18(27)10-3-4-10/h7-8,10-11,14H,1-6,9,22H2,(H,23,24)/t11?,14-/m0/s1. The Morgan fingerprint density at radius 1 is 1.48 bits per heavy atom. The van der Waals surface area contributed by atoms with Crippen LogP contribution in [0.3, 0.4) is 0 Å². The molecule has 3 N–H and O–H groups in total. The molecule has 2 aromatic heterocycles. The number of H-pyrrole nitrogens is 1. The number of fused-ring (bicyclic) bond motifs is 1. The third kappa shape index (κ3) is 3.67. The second-order valence-corrected chi connectivity index (χ2v) is 8.94. The summed E-state index contributed by atoms with van der Waals surface area (Å²) in [7, 11) is 0. The van der Waals surface area contributed by atoms with Gasteiger partial charge < -0.3 is 15.6 Å². The van der Waals surface area contributed by atoms with Gasteiger partial charge in [0.05, 0.1) is 27.1 Å². The maximum Gasteiger partial charge on any atom is 0.231 e. The van der Waals surface area contributed by atoms with Crippen molar-refractivity contribution in [3.8, 4) is 0 Å². The molecule has 2 aromatic rings. The molecule has 146 valence electrons. The van der Waals surface area contributed by atoms with Crippen molar-refractivity contribution in [1.29, 1.82) is 0 Å². The number of nitrogens with two attached hydrogens (primary N) is 1. The lowest BCUT2D eigenvalue weighted by molar-refractivity contribution is -0.119. The van der Waals surface area contributed by atoms with Crippen molar-refractivity contribution in [3.63, 3.8) is 0 Å². The summed E-state index contributed by atoms with van der Waals surface area (Å²) in [5.41, 5.74) is 8.04. The Kier molecular flexibility index (Phi) is 5.56. The number of carbonyl (C=O) groups excluding carboxylic acids is 1. The van der Waals surface area contributed by atoms with Crippen LogP contribution in [-0.4, -0.2) is 46.4 Å². The minimum atomic E-state index is -0.616. The monoisotopic (exact) mass is 473 g/mol. The first-order chi connectivity index (χ1) is 13.0. The van der Waals surface area contributed by atoms with Gasteiger partial charge >= 0.3 is 0 Å². The molecule has 1 aliphatic carbocycles. The second-order valence-electron chi connectivity index (χ2n) is 7.27. The van der Waals surface area contributed by atoms with E-state index in [9.17, 15) is 4.79 Å². The van der Waals surface area contributed by atoms with E-state index in [0.29, 0.717) is 0 Å². The third-order valence-electron chi connectivity index (χ3n) is 5.21. The predicted molar refractivity (Wildman–Crippen MR) is 114 cm³/mol. The summed E-state index contributed by atoms with van der Waals surface area (Å²) in [5.74, 6) is 0.210. The van der Waals surface area contributed by atoms with Gasteiger partial charge in [0.15, 0.2) is 0 Å². The van der Waals surface area contributed by atoms with Crippen molar-refractivity contribution in [2.75, 3.05) is 28.8 Å². The van der Waals surface area contributed by atoms with E-state index in [1.54, 1.807) is 17.3 Å². The van der Waals surface area contributed by atoms with Crippen LogP contribution in [0.25, 0.3) is 11.0 Å². The summed E-state index contributed by atoms with van der Waals surface area (Å²) in [6.07, 6.45) is 7.44. The van der Waals surface area contributed by atoms with E-state index in [2.05, 4.69) is 30.8 Å². The van der Waals surface area contributed by atoms with Crippen molar-refractivity contribution < 1.29 is 4.79 Å². The van der Waals surface area contributed by atoms with E-state index < -0.39 is 5.50 Å². The minimum Gasteiger partial charge on any atom is -0.368 e. The van der Waals surface area contributed by atoms with Gasteiger partial charge in [-0.2, -0.15) is 0 Å². The zero-order valence-electron chi connectivity index (χ0n) is 14.8. The number of aromatic amines is 1. The van der Waals surface area contributed by atoms with Gasteiger partial charge in [-0.3, -0.25) is 9.69 Å². The number of nitrogens with one attached hydrogen (secondary N) is 1. The van der Waals surface area contributed by atoms with E-state index in [1.165, 1.54) is 0 Å². The van der Waals surface area contributed by atoms with Crippen LogP contribution in [0.5, 0.6) is 0 Å². The largest absolute Gasteiger partial charge is 0.368 e. The molecule has 9 heteroatoms. The van der Waals surface area contributed by atoms with Gasteiger partial charge in [-0.15, -0.1) is 11.6 Å². The van der Waals surface area contributed by atoms with Crippen LogP contribution in [-0.2, 0) is 4.79 Å². The number of anilines is 2. The van der Waals surface area contributed by atoms with Gasteiger partial charge in [-0.05, 0) is 41.6 Å². The van der Waals surface area contributed by atoms with Crippen LogP contribution in [0.15, 0.2) is 16.9 Å². The third-order valence-corrected chi connectivity index (χ3v) is 6.59. The molecule has 27 heavy (non-hydrogen) atoms. The topological polar surface area (TPSA) is 78.2 Å². The van der Waals surface area contributed by atoms with Gasteiger partial charge in [0.25, 0.3) is 0 Å². The Hall–Kier alpha value is -1.02. The van der Waals surface area contributed by atoms with Crippen LogP contribution in [0, 0.1) is 5.92 Å². The molecule has 2 fully saturated rings. The highest BCUT2D eigenvalue weighted by molar-refractivity contribution is 9.10. The normalized spacial score (nSPS) is 21.5. The molecule has 0 bridgehead atoms. The number of alkyl halides is 2. The van der Waals surface area contributed by atoms with E-state index in [-0.39, 0.29) is 23.7 Å². The Morgan fingerprint density at radius 3 is 2.93 bits per heavy atom. The number of hydrogen-bond donors (Lipinski definition) is 2. The van der Waals surface area contributed by atoms with Gasteiger partial charge in [0.2, 0.25) is 5.91 Å². The van der Waals surface area contributed by atoms with E-state index in [4.69, 9.17) is 28.9 Å². The number of piperidine rings is 1. The average Bonchev–Trinajstić information content (AvgIpc) is 3.43. The number of carbonyl (C=O) groups is 1. The molecular formula is C18H22BrCl2N5O. The molecule has 2 atom stereocenters. The summed E-state index contributed by atoms with van der Waals surface area (Å²) in [6.45, 7) is 1.67. The van der Waals surface area contributed by atoms with Crippen LogP contribution < -0.4 is 15.5 Å². The van der Waals surface area contributed by atoms with Crippen molar-refractivity contribution in [1.82, 2.24) is 9.97 Å². The first-order valence-electron chi connectivity index (χ1n) is 9.20. The van der Waals surface area contributed by atoms with Crippen molar-refractivity contribution >= 4 is 67.4 Å². The first kappa shape index (κ1) is 19.3. The number of halogens is 3. The number of aromatic nitrogens is 2. The summed E-state index contributed by atoms with van der Waals surface area (Å²) < 4.78 is 0.876. The summed E-state index contributed by atoms with van der Waals surface area (Å²) in [5, 5.41) is 0.878. The molecule has 1 saturated heterocycles. The number of hydrogen-bond acceptors (Lipinski definition) is 4. The number of rotatable bonds is 5. The Balaban J connectivity index is 1.85. The fraction of sp³-hybridized carbons (Fsp3) is 0.556. The molecule has 0 spiro atoms. The summed E-state index contributed by atoms with van der Waals surface area (Å²) >= 11 is 16.2. The van der Waals surface area contributed by atoms with Crippen molar-refractivity contribution in [3.05, 3.63) is 16.9 Å². The highest BCUT2D eigenvalue weighted by atomic mass is 79.9. The van der Waals surface area contributed by atoms with Gasteiger partial charge in [0.1, 0.15) is 11.1 Å². The van der Waals surface area contributed by atoms with Crippen LogP contribution >= 0.6 is 39.1 Å². The Bertz CT molecular complexity index is 856. The molecule has 1 amide bonds. The Labute approximate surface area is 176 Å². The van der Waals surface area contributed by atoms with E-state index in [0.717, 1.165) is 65.7 Å². The quantitative estimate of drug-likeness (QED) is 0.510. The number of pyridine rings is 1. The molecule has 0 radical (unpaired) electrons. The molecule has 2 aliphatic rings. The van der Waals surface area contributed by atoms with Gasteiger partial charge in [0, 0.05) is 37.4 Å². The molecule has 4 rings (SSSR count). The predicted octanol–water partition coefficient (Wildman–Crippen LogP) is 3.80. The van der Waals surface area contributed by atoms with Gasteiger partial charge in [-0.1, -0.05) is 11.6 Å². The minimum absolute atomic E-state index is 0.0258. The average molecular weight is 475 g/mol. The maximum absolute atomic E-state index is 13.0. The molecule has 0 aromatic carbocycles. The molecular weight excluding hydrogens is 453 g/mol. The lowest BCUT2D eigenvalue weighted by Crippen LogP contribution is -2.43. The van der Waals surface area contributed by atoms with Crippen molar-refractivity contribution in [2.45, 2.75) is 37.2 Å². The zero-order valence-corrected chi connectivity index (χ0v) is 17.9. The molecule has 1 aliphatic heterocycles. The zero-order chi connectivity index (χ0) is 19.1. The van der Waals surface area contributed by atoms with Crippen LogP contribution in [0.4, 0.5) is 11.4 Å². The first-order valence-corrected chi connectivity index (χ1v) is 11.0. The highest BCUT2D eigenvalue weighted by Gasteiger charge is 2.38. The SMILES string of the molecule is NC1CCCN(c2c(Br)cnc3[nH]cc(N(C(=O)C4CC4)[C@H](Cl)CCl)c23)C1. The number of nitrogens with zero attached hydrogens (tertiary/aromatic N) is 3. The summed E-state index contributed by atoms with van der Waals surface area (Å²) in [6, 6.07) is 0.129. The van der Waals surface area contributed by atoms with Gasteiger partial charge in [-0.25, -0.2) is 4.98 Å². The lowest BCUT2D eigenvalue weighted by Gasteiger charge is -2.34. The summed E-state index contributed by atoms with van der Waals surface area (Å²) in [4.78, 5) is 24.6. The molecule has 1 unspecified atom stereocenters. The second kappa shape index (κ2) is 7.78. The van der Waals surface area contributed by atoms with E-state index in [1.807, 2.05) is 0 Å². The molecule has 1 saturated carbocycles. The fourth-order valence-electron chi connectivity index (χ4n) is 3.76. The lowest BCUT2D eigenvalue weighted by atomic mass is 10.1. The maximum atomic E-state index is 13.0. The molecule has 6 nitrogen and oxygen atoms in total.